The third-order valence-corrected chi connectivity index (χ3v) is 11.0. The van der Waals surface area contributed by atoms with E-state index in [0.29, 0.717) is 32.4 Å². The Morgan fingerprint density at radius 2 is 1.83 bits per heavy atom. The van der Waals surface area contributed by atoms with Gasteiger partial charge in [-0.3, -0.25) is 9.78 Å². The van der Waals surface area contributed by atoms with Crippen LogP contribution in [0.5, 0.6) is 0 Å². The van der Waals surface area contributed by atoms with Gasteiger partial charge in [-0.1, -0.05) is 37.2 Å². The first-order valence-corrected chi connectivity index (χ1v) is 15.6. The number of ether oxygens (including phenoxy) is 1. The van der Waals surface area contributed by atoms with Gasteiger partial charge in [0, 0.05) is 42.4 Å². The van der Waals surface area contributed by atoms with Gasteiger partial charge in [-0.05, 0) is 92.9 Å². The van der Waals surface area contributed by atoms with E-state index in [2.05, 4.69) is 42.2 Å². The number of amides is 1. The number of hydrogen-bond donors (Lipinski definition) is 0. The first-order valence-electron chi connectivity index (χ1n) is 15.6. The maximum Gasteiger partial charge on any atom is 0.233 e. The molecule has 6 aliphatic rings. The zero-order valence-corrected chi connectivity index (χ0v) is 24.9. The molecule has 2 aromatic heterocycles. The van der Waals surface area contributed by atoms with E-state index in [-0.39, 0.29) is 28.6 Å². The second-order valence-corrected chi connectivity index (χ2v) is 14.0. The number of anilines is 1. The lowest BCUT2D eigenvalue weighted by molar-refractivity contribution is -0.132. The van der Waals surface area contributed by atoms with Gasteiger partial charge >= 0.3 is 0 Å². The minimum atomic E-state index is -0.855. The Hall–Kier alpha value is -3.13. The fourth-order valence-corrected chi connectivity index (χ4v) is 8.26. The van der Waals surface area contributed by atoms with Crippen LogP contribution in [0.2, 0.25) is 0 Å². The molecule has 0 N–H and O–H groups in total. The Kier molecular flexibility index (Phi) is 6.76. The summed E-state index contributed by atoms with van der Waals surface area (Å²) in [6.07, 6.45) is 8.76. The smallest absolute Gasteiger partial charge is 0.233 e. The van der Waals surface area contributed by atoms with Gasteiger partial charge in [-0.2, -0.15) is 4.98 Å². The Morgan fingerprint density at radius 1 is 1.07 bits per heavy atom. The molecule has 6 aliphatic carbocycles. The normalized spacial score (nSPS) is 31.4. The first-order chi connectivity index (χ1) is 20.2. The highest BCUT2D eigenvalue weighted by molar-refractivity contribution is 5.99. The molecule has 0 radical (unpaired) electrons. The summed E-state index contributed by atoms with van der Waals surface area (Å²) in [5, 5.41) is 4.26. The number of benzene rings is 1. The number of aromatic nitrogens is 3. The van der Waals surface area contributed by atoms with E-state index in [4.69, 9.17) is 14.2 Å². The zero-order chi connectivity index (χ0) is 29.1. The lowest BCUT2D eigenvalue weighted by Gasteiger charge is -2.54. The van der Waals surface area contributed by atoms with Crippen LogP contribution < -0.4 is 4.90 Å². The number of carbonyl (C=O) groups is 1. The number of alkyl halides is 1. The van der Waals surface area contributed by atoms with Crippen molar-refractivity contribution in [3.63, 3.8) is 0 Å². The molecule has 9 rings (SSSR count). The van der Waals surface area contributed by atoms with Crippen LogP contribution >= 0.6 is 0 Å². The van der Waals surface area contributed by atoms with Crippen LogP contribution in [0, 0.1) is 16.7 Å². The topological polar surface area (TPSA) is 81.4 Å². The highest BCUT2D eigenvalue weighted by atomic mass is 19.1. The number of nitrogens with zero attached hydrogens (tertiary/aromatic N) is 4. The zero-order valence-electron chi connectivity index (χ0n) is 24.9. The van der Waals surface area contributed by atoms with Gasteiger partial charge in [0.05, 0.1) is 17.7 Å². The van der Waals surface area contributed by atoms with Crippen molar-refractivity contribution in [2.75, 3.05) is 18.6 Å². The molecule has 1 amide bonds. The molecule has 7 nitrogen and oxygen atoms in total. The fraction of sp³-hybridized carbons (Fsp3) is 0.588. The van der Waals surface area contributed by atoms with E-state index in [1.165, 1.54) is 0 Å². The van der Waals surface area contributed by atoms with Crippen molar-refractivity contribution in [1.82, 2.24) is 15.1 Å². The Bertz CT molecular complexity index is 1440. The lowest BCUT2D eigenvalue weighted by Crippen LogP contribution is -2.54. The minimum absolute atomic E-state index is 0.0329. The molecular formula is C34H41FN4O3. The molecule has 0 saturated heterocycles. The number of hydrogen-bond acceptors (Lipinski definition) is 6. The van der Waals surface area contributed by atoms with E-state index in [0.717, 1.165) is 72.7 Å². The van der Waals surface area contributed by atoms with Crippen LogP contribution in [0.25, 0.3) is 11.1 Å². The first kappa shape index (κ1) is 27.7. The molecule has 6 saturated carbocycles. The average Bonchev–Trinajstić information content (AvgIpc) is 3.71. The van der Waals surface area contributed by atoms with Crippen molar-refractivity contribution in [3.8, 4) is 11.1 Å². The predicted molar refractivity (Wildman–Crippen MR) is 158 cm³/mol. The van der Waals surface area contributed by atoms with Gasteiger partial charge in [-0.25, -0.2) is 4.39 Å². The summed E-state index contributed by atoms with van der Waals surface area (Å²) >= 11 is 0. The van der Waals surface area contributed by atoms with Crippen molar-refractivity contribution >= 4 is 11.6 Å². The highest BCUT2D eigenvalue weighted by Gasteiger charge is 2.62. The quantitative estimate of drug-likeness (QED) is 0.271. The second-order valence-electron chi connectivity index (χ2n) is 14.0. The molecule has 4 bridgehead atoms. The molecule has 1 unspecified atom stereocenters. The molecule has 0 aliphatic heterocycles. The van der Waals surface area contributed by atoms with Gasteiger partial charge < -0.3 is 14.2 Å². The summed E-state index contributed by atoms with van der Waals surface area (Å²) in [4.78, 5) is 25.8. The van der Waals surface area contributed by atoms with Crippen LogP contribution in [-0.2, 0) is 21.6 Å². The number of pyridine rings is 1. The maximum atomic E-state index is 14.7. The van der Waals surface area contributed by atoms with Gasteiger partial charge in [0.25, 0.3) is 0 Å². The highest BCUT2D eigenvalue weighted by Crippen LogP contribution is 2.62. The van der Waals surface area contributed by atoms with Crippen LogP contribution in [-0.4, -0.2) is 40.9 Å². The largest absolute Gasteiger partial charge is 0.378 e. The monoisotopic (exact) mass is 572 g/mol. The Morgan fingerprint density at radius 3 is 2.43 bits per heavy atom. The third kappa shape index (κ3) is 4.57. The second kappa shape index (κ2) is 10.2. The molecule has 6 fully saturated rings. The number of methoxy groups -OCH3 is 1. The van der Waals surface area contributed by atoms with Crippen molar-refractivity contribution < 1.29 is 18.4 Å². The Balaban J connectivity index is 1.16. The SMILES string of the molecule is COCc1ccc(-c2cccc(N(CC34CCC(c5nc(C(C)C)no5)(CC3)CC4)C(=O)C34CC(F)C(C3)C4)c2)cn1. The molecule has 1 atom stereocenters. The molecule has 0 spiro atoms. The van der Waals surface area contributed by atoms with Crippen LogP contribution in [0.15, 0.2) is 47.1 Å². The molecule has 222 valence electrons. The van der Waals surface area contributed by atoms with Crippen LogP contribution in [0.3, 0.4) is 0 Å². The summed E-state index contributed by atoms with van der Waals surface area (Å²) in [5.74, 6) is 1.98. The van der Waals surface area contributed by atoms with Gasteiger partial charge in [0.15, 0.2) is 5.82 Å². The maximum absolute atomic E-state index is 14.7. The minimum Gasteiger partial charge on any atom is -0.378 e. The van der Waals surface area contributed by atoms with Crippen molar-refractivity contribution in [2.24, 2.45) is 16.7 Å². The van der Waals surface area contributed by atoms with E-state index in [1.54, 1.807) is 7.11 Å². The number of rotatable bonds is 9. The van der Waals surface area contributed by atoms with Crippen LogP contribution in [0.4, 0.5) is 10.1 Å². The number of fused-ring (bicyclic) bond motifs is 4. The van der Waals surface area contributed by atoms with E-state index < -0.39 is 11.6 Å². The molecule has 8 heteroatoms. The summed E-state index contributed by atoms with van der Waals surface area (Å²) in [7, 11) is 1.66. The van der Waals surface area contributed by atoms with Gasteiger partial charge in [0.1, 0.15) is 6.17 Å². The Labute approximate surface area is 247 Å². The average molecular weight is 573 g/mol. The van der Waals surface area contributed by atoms with E-state index in [1.807, 2.05) is 29.3 Å². The lowest BCUT2D eigenvalue weighted by atomic mass is 9.53. The molecule has 1 aromatic carbocycles. The standard InChI is InChI=1S/C34H41FN4O3/c1-22(2)29-37-30(42-38-29)33-12-9-32(10-13-33,11-14-33)21-39(31(40)34-16-25(17-34)28(35)18-34)27-6-4-5-23(15-27)24-7-8-26(20-41-3)36-19-24/h4-8,15,19,22,25,28H,9-14,16-18,20-21H2,1-3H3. The molecule has 42 heavy (non-hydrogen) atoms. The third-order valence-electron chi connectivity index (χ3n) is 11.0. The summed E-state index contributed by atoms with van der Waals surface area (Å²) < 4.78 is 25.7. The number of halogens is 1. The van der Waals surface area contributed by atoms with Crippen molar-refractivity contribution in [3.05, 3.63) is 60.0 Å². The number of carbonyl (C=O) groups excluding carboxylic acids is 1. The van der Waals surface area contributed by atoms with Gasteiger partial charge in [0.2, 0.25) is 11.8 Å². The molecule has 2 heterocycles. The summed E-state index contributed by atoms with van der Waals surface area (Å²) in [6.45, 7) is 5.31. The van der Waals surface area contributed by atoms with Crippen LogP contribution in [0.1, 0.15) is 95.0 Å². The molecule has 3 aromatic rings. The van der Waals surface area contributed by atoms with E-state index in [9.17, 15) is 9.18 Å². The van der Waals surface area contributed by atoms with E-state index >= 15 is 0 Å². The van der Waals surface area contributed by atoms with Crippen molar-refractivity contribution in [2.45, 2.75) is 95.7 Å². The van der Waals surface area contributed by atoms with Gasteiger partial charge in [-0.15, -0.1) is 0 Å². The molecular weight excluding hydrogens is 531 g/mol. The fourth-order valence-electron chi connectivity index (χ4n) is 8.26. The predicted octanol–water partition coefficient (Wildman–Crippen LogP) is 7.16. The summed E-state index contributed by atoms with van der Waals surface area (Å²) in [6, 6.07) is 12.3. The van der Waals surface area contributed by atoms with Crippen molar-refractivity contribution in [1.29, 1.82) is 0 Å². The summed E-state index contributed by atoms with van der Waals surface area (Å²) in [5.41, 5.74) is 3.21.